The Hall–Kier alpha value is -7.80. The number of rotatable bonds is 5. The fourth-order valence-electron chi connectivity index (χ4n) is 9.93. The molecule has 0 fully saturated rings. The summed E-state index contributed by atoms with van der Waals surface area (Å²) in [6, 6.07) is 85.2. The van der Waals surface area contributed by atoms with Crippen molar-refractivity contribution in [1.29, 1.82) is 0 Å². The summed E-state index contributed by atoms with van der Waals surface area (Å²) in [5, 5.41) is 15.1. The molecule has 0 unspecified atom stereocenters. The van der Waals surface area contributed by atoms with Crippen LogP contribution in [-0.2, 0) is 0 Å². The summed E-state index contributed by atoms with van der Waals surface area (Å²) in [4.78, 5) is 0. The lowest BCUT2D eigenvalue weighted by molar-refractivity contribution is 1.63. The van der Waals surface area contributed by atoms with Crippen molar-refractivity contribution in [2.24, 2.45) is 0 Å². The highest BCUT2D eigenvalue weighted by molar-refractivity contribution is 6.25. The van der Waals surface area contributed by atoms with Crippen molar-refractivity contribution in [3.8, 4) is 55.6 Å². The molecule has 0 aliphatic heterocycles. The van der Waals surface area contributed by atoms with Crippen LogP contribution in [0.1, 0.15) is 0 Å². The molecule has 278 valence electrons. The summed E-state index contributed by atoms with van der Waals surface area (Å²) in [7, 11) is 0. The first kappa shape index (κ1) is 34.3. The Balaban J connectivity index is 1.11. The van der Waals surface area contributed by atoms with Crippen LogP contribution in [-0.4, -0.2) is 0 Å². The smallest absolute Gasteiger partial charge is 0.00199 e. The molecule has 0 heteroatoms. The lowest BCUT2D eigenvalue weighted by atomic mass is 9.83. The van der Waals surface area contributed by atoms with E-state index in [0.717, 1.165) is 0 Å². The van der Waals surface area contributed by atoms with E-state index in [4.69, 9.17) is 0 Å². The molecule has 0 nitrogen and oxygen atoms in total. The molecule has 12 aromatic carbocycles. The lowest BCUT2D eigenvalue weighted by Gasteiger charge is -2.20. The largest absolute Gasteiger partial charge is 0.0622 e. The van der Waals surface area contributed by atoms with E-state index >= 15 is 0 Å². The molecule has 0 radical (unpaired) electrons. The second kappa shape index (κ2) is 13.9. The molecule has 0 atom stereocenters. The van der Waals surface area contributed by atoms with Gasteiger partial charge in [-0.2, -0.15) is 0 Å². The van der Waals surface area contributed by atoms with Crippen LogP contribution in [0.4, 0.5) is 0 Å². The normalized spacial score (nSPS) is 11.7. The highest BCUT2D eigenvalue weighted by Gasteiger charge is 2.20. The molecule has 0 amide bonds. The second-order valence-corrected chi connectivity index (χ2v) is 15.9. The lowest BCUT2D eigenvalue weighted by Crippen LogP contribution is -1.93. The topological polar surface area (TPSA) is 0 Å². The van der Waals surface area contributed by atoms with Gasteiger partial charge < -0.3 is 0 Å². The van der Waals surface area contributed by atoms with Crippen LogP contribution in [0, 0.1) is 0 Å². The number of hydrogen-bond acceptors (Lipinski definition) is 0. The molecule has 0 aromatic heterocycles. The fourth-order valence-corrected chi connectivity index (χ4v) is 9.93. The van der Waals surface area contributed by atoms with Gasteiger partial charge in [-0.1, -0.05) is 218 Å². The van der Waals surface area contributed by atoms with Crippen LogP contribution in [0.15, 0.2) is 231 Å². The average molecular weight is 759 g/mol. The van der Waals surface area contributed by atoms with Crippen LogP contribution in [0.5, 0.6) is 0 Å². The zero-order valence-corrected chi connectivity index (χ0v) is 32.9. The van der Waals surface area contributed by atoms with Gasteiger partial charge in [-0.3, -0.25) is 0 Å². The van der Waals surface area contributed by atoms with Gasteiger partial charge in [-0.05, 0) is 132 Å². The Morgan fingerprint density at radius 2 is 0.550 bits per heavy atom. The van der Waals surface area contributed by atoms with Gasteiger partial charge in [0.05, 0.1) is 0 Å². The van der Waals surface area contributed by atoms with Crippen molar-refractivity contribution in [2.45, 2.75) is 0 Å². The fraction of sp³-hybridized carbons (Fsp3) is 0. The molecule has 0 bridgehead atoms. The van der Waals surface area contributed by atoms with Crippen molar-refractivity contribution in [3.63, 3.8) is 0 Å². The Bertz CT molecular complexity index is 3570. The minimum Gasteiger partial charge on any atom is -0.0622 e. The average Bonchev–Trinajstić information content (AvgIpc) is 3.32. The first-order chi connectivity index (χ1) is 29.8. The van der Waals surface area contributed by atoms with Gasteiger partial charge in [0, 0.05) is 0 Å². The van der Waals surface area contributed by atoms with E-state index < -0.39 is 0 Å². The molecule has 60 heavy (non-hydrogen) atoms. The van der Waals surface area contributed by atoms with E-state index in [1.54, 1.807) is 0 Å². The molecule has 0 saturated carbocycles. The summed E-state index contributed by atoms with van der Waals surface area (Å²) in [6.45, 7) is 0. The van der Waals surface area contributed by atoms with Gasteiger partial charge in [-0.15, -0.1) is 0 Å². The molecule has 12 rings (SSSR count). The number of hydrogen-bond donors (Lipinski definition) is 0. The summed E-state index contributed by atoms with van der Waals surface area (Å²) >= 11 is 0. The maximum atomic E-state index is 2.44. The van der Waals surface area contributed by atoms with Gasteiger partial charge in [0.25, 0.3) is 0 Å². The van der Waals surface area contributed by atoms with Crippen molar-refractivity contribution < 1.29 is 0 Å². The maximum Gasteiger partial charge on any atom is -0.00199 e. The van der Waals surface area contributed by atoms with Gasteiger partial charge in [-0.25, -0.2) is 0 Å². The molecule has 0 aliphatic carbocycles. The molecular formula is C60H38. The third-order valence-electron chi connectivity index (χ3n) is 12.6. The predicted molar refractivity (Wildman–Crippen MR) is 259 cm³/mol. The Kier molecular flexibility index (Phi) is 7.96. The molecular weight excluding hydrogens is 721 g/mol. The van der Waals surface area contributed by atoms with E-state index in [1.807, 2.05) is 0 Å². The predicted octanol–water partition coefficient (Wildman–Crippen LogP) is 16.9. The zero-order chi connectivity index (χ0) is 39.6. The van der Waals surface area contributed by atoms with E-state index in [2.05, 4.69) is 231 Å². The first-order valence-corrected chi connectivity index (χ1v) is 20.8. The number of fused-ring (bicyclic) bond motifs is 6. The second-order valence-electron chi connectivity index (χ2n) is 15.9. The highest BCUT2D eigenvalue weighted by atomic mass is 14.2. The third kappa shape index (κ3) is 5.46. The monoisotopic (exact) mass is 758 g/mol. The van der Waals surface area contributed by atoms with Crippen LogP contribution in [0.25, 0.3) is 120 Å². The maximum absolute atomic E-state index is 2.44. The molecule has 0 aliphatic rings. The van der Waals surface area contributed by atoms with Crippen LogP contribution >= 0.6 is 0 Å². The standard InChI is InChI=1S/C60H38/c1-2-17-41(18-3-1)57-49-22-8-10-24-51(49)58(52-25-11-9-23-50(52)57)42-30-32-43(33-31-42)59-53-26-12-13-27-54(53)60(48-28-14-20-40-16-6-7-21-47(40)48)56-38-46(35-36-55(56)59)45-34-29-39-15-4-5-19-44(39)37-45/h1-38H. The van der Waals surface area contributed by atoms with E-state index in [-0.39, 0.29) is 0 Å². The molecule has 0 saturated heterocycles. The summed E-state index contributed by atoms with van der Waals surface area (Å²) in [6.07, 6.45) is 0. The van der Waals surface area contributed by atoms with E-state index in [0.29, 0.717) is 0 Å². The minimum atomic E-state index is 1.21. The van der Waals surface area contributed by atoms with Gasteiger partial charge in [0.1, 0.15) is 0 Å². The molecule has 0 N–H and O–H groups in total. The minimum absolute atomic E-state index is 1.21. The Labute approximate surface area is 349 Å². The number of benzene rings is 12. The Morgan fingerprint density at radius 3 is 1.13 bits per heavy atom. The SMILES string of the molecule is c1ccc(-c2c3ccccc3c(-c3ccc(-c4c5ccccc5c(-c5cccc6ccccc56)c5cc(-c6ccc7ccccc7c6)ccc45)cc3)c3ccccc23)cc1. The van der Waals surface area contributed by atoms with Gasteiger partial charge in [0.2, 0.25) is 0 Å². The van der Waals surface area contributed by atoms with Crippen molar-refractivity contribution in [1.82, 2.24) is 0 Å². The molecule has 12 aromatic rings. The van der Waals surface area contributed by atoms with Crippen LogP contribution < -0.4 is 0 Å². The van der Waals surface area contributed by atoms with Crippen molar-refractivity contribution >= 4 is 64.6 Å². The summed E-state index contributed by atoms with van der Waals surface area (Å²) < 4.78 is 0. The quantitative estimate of drug-likeness (QED) is 0.153. The first-order valence-electron chi connectivity index (χ1n) is 20.8. The molecule has 0 spiro atoms. The molecule has 0 heterocycles. The van der Waals surface area contributed by atoms with Gasteiger partial charge in [0.15, 0.2) is 0 Å². The Morgan fingerprint density at radius 1 is 0.167 bits per heavy atom. The summed E-state index contributed by atoms with van der Waals surface area (Å²) in [5.74, 6) is 0. The van der Waals surface area contributed by atoms with E-state index in [1.165, 1.54) is 120 Å². The van der Waals surface area contributed by atoms with Gasteiger partial charge >= 0.3 is 0 Å². The van der Waals surface area contributed by atoms with Crippen LogP contribution in [0.3, 0.4) is 0 Å². The van der Waals surface area contributed by atoms with E-state index in [9.17, 15) is 0 Å². The van der Waals surface area contributed by atoms with Crippen molar-refractivity contribution in [3.05, 3.63) is 231 Å². The van der Waals surface area contributed by atoms with Crippen molar-refractivity contribution in [2.75, 3.05) is 0 Å². The zero-order valence-electron chi connectivity index (χ0n) is 32.9. The van der Waals surface area contributed by atoms with Crippen LogP contribution in [0.2, 0.25) is 0 Å². The third-order valence-corrected chi connectivity index (χ3v) is 12.6. The summed E-state index contributed by atoms with van der Waals surface area (Å²) in [5.41, 5.74) is 12.4. The highest BCUT2D eigenvalue weighted by Crippen LogP contribution is 2.48.